The van der Waals surface area contributed by atoms with Gasteiger partial charge in [0.05, 0.1) is 11.7 Å². The fourth-order valence-electron chi connectivity index (χ4n) is 2.59. The van der Waals surface area contributed by atoms with Crippen molar-refractivity contribution in [2.45, 2.75) is 43.8 Å². The fourth-order valence-corrected chi connectivity index (χ4v) is 2.59. The summed E-state index contributed by atoms with van der Waals surface area (Å²) in [6.07, 6.45) is 6.24. The largest absolute Gasteiger partial charge is 0.378 e. The smallest absolute Gasteiger partial charge is 0.0727 e. The summed E-state index contributed by atoms with van der Waals surface area (Å²) in [5, 5.41) is 3.38. The highest BCUT2D eigenvalue weighted by Gasteiger charge is 2.35. The molecule has 1 atom stereocenters. The standard InChI is InChI=1S/C11H21NO2/c1-13-11(4-6-12-7-5-11)9-10-3-2-8-14-10/h10,12H,2-9H2,1H3. The summed E-state index contributed by atoms with van der Waals surface area (Å²) < 4.78 is 11.4. The highest BCUT2D eigenvalue weighted by molar-refractivity contribution is 4.89. The van der Waals surface area contributed by atoms with Gasteiger partial charge in [-0.05, 0) is 38.8 Å². The molecule has 0 saturated carbocycles. The first kappa shape index (κ1) is 10.4. The minimum atomic E-state index is 0.0975. The van der Waals surface area contributed by atoms with Crippen LogP contribution in [0, 0.1) is 0 Å². The Kier molecular flexibility index (Phi) is 3.42. The molecular weight excluding hydrogens is 178 g/mol. The van der Waals surface area contributed by atoms with E-state index in [0.717, 1.165) is 39.0 Å². The molecule has 1 N–H and O–H groups in total. The monoisotopic (exact) mass is 199 g/mol. The zero-order chi connectivity index (χ0) is 9.86. The molecule has 2 rings (SSSR count). The molecule has 0 spiro atoms. The molecule has 2 aliphatic heterocycles. The van der Waals surface area contributed by atoms with Crippen LogP contribution < -0.4 is 5.32 Å². The van der Waals surface area contributed by atoms with Crippen molar-refractivity contribution in [3.63, 3.8) is 0 Å². The van der Waals surface area contributed by atoms with E-state index in [4.69, 9.17) is 9.47 Å². The van der Waals surface area contributed by atoms with Crippen molar-refractivity contribution in [1.82, 2.24) is 5.32 Å². The molecule has 0 amide bonds. The lowest BCUT2D eigenvalue weighted by atomic mass is 9.86. The van der Waals surface area contributed by atoms with Gasteiger partial charge in [0.1, 0.15) is 0 Å². The Labute approximate surface area is 86.2 Å². The lowest BCUT2D eigenvalue weighted by Gasteiger charge is -2.38. The number of hydrogen-bond donors (Lipinski definition) is 1. The van der Waals surface area contributed by atoms with E-state index in [1.807, 2.05) is 7.11 Å². The van der Waals surface area contributed by atoms with E-state index in [9.17, 15) is 0 Å². The predicted octanol–water partition coefficient (Wildman–Crippen LogP) is 1.32. The van der Waals surface area contributed by atoms with Gasteiger partial charge in [-0.15, -0.1) is 0 Å². The van der Waals surface area contributed by atoms with Gasteiger partial charge in [0.2, 0.25) is 0 Å². The molecule has 2 saturated heterocycles. The Bertz CT molecular complexity index is 172. The van der Waals surface area contributed by atoms with Gasteiger partial charge in [0.25, 0.3) is 0 Å². The highest BCUT2D eigenvalue weighted by atomic mass is 16.5. The second-order valence-electron chi connectivity index (χ2n) is 4.48. The maximum Gasteiger partial charge on any atom is 0.0727 e. The van der Waals surface area contributed by atoms with Crippen LogP contribution in [-0.2, 0) is 9.47 Å². The first-order valence-electron chi connectivity index (χ1n) is 5.72. The molecule has 2 fully saturated rings. The summed E-state index contributed by atoms with van der Waals surface area (Å²) in [7, 11) is 1.85. The lowest BCUT2D eigenvalue weighted by Crippen LogP contribution is -2.45. The van der Waals surface area contributed by atoms with E-state index in [1.165, 1.54) is 12.8 Å². The van der Waals surface area contributed by atoms with E-state index in [-0.39, 0.29) is 5.60 Å². The van der Waals surface area contributed by atoms with E-state index in [2.05, 4.69) is 5.32 Å². The lowest BCUT2D eigenvalue weighted by molar-refractivity contribution is -0.0698. The number of rotatable bonds is 3. The molecule has 3 heteroatoms. The van der Waals surface area contributed by atoms with Crippen molar-refractivity contribution in [3.8, 4) is 0 Å². The van der Waals surface area contributed by atoms with Crippen LogP contribution in [0.15, 0.2) is 0 Å². The van der Waals surface area contributed by atoms with Gasteiger partial charge in [0.15, 0.2) is 0 Å². The highest BCUT2D eigenvalue weighted by Crippen LogP contribution is 2.31. The Morgan fingerprint density at radius 1 is 1.43 bits per heavy atom. The molecule has 0 aromatic heterocycles. The third-order valence-corrected chi connectivity index (χ3v) is 3.57. The van der Waals surface area contributed by atoms with Crippen molar-refractivity contribution in [2.75, 3.05) is 26.8 Å². The normalized spacial score (nSPS) is 31.9. The van der Waals surface area contributed by atoms with Gasteiger partial charge in [0, 0.05) is 20.1 Å². The second kappa shape index (κ2) is 4.60. The van der Waals surface area contributed by atoms with Crippen LogP contribution in [0.5, 0.6) is 0 Å². The average molecular weight is 199 g/mol. The van der Waals surface area contributed by atoms with Gasteiger partial charge >= 0.3 is 0 Å². The molecule has 14 heavy (non-hydrogen) atoms. The first-order valence-corrected chi connectivity index (χ1v) is 5.72. The molecule has 3 nitrogen and oxygen atoms in total. The van der Waals surface area contributed by atoms with E-state index >= 15 is 0 Å². The quantitative estimate of drug-likeness (QED) is 0.743. The van der Waals surface area contributed by atoms with Crippen molar-refractivity contribution >= 4 is 0 Å². The van der Waals surface area contributed by atoms with Crippen LogP contribution in [-0.4, -0.2) is 38.5 Å². The van der Waals surface area contributed by atoms with Gasteiger partial charge in [-0.1, -0.05) is 0 Å². The van der Waals surface area contributed by atoms with Gasteiger partial charge in [-0.3, -0.25) is 0 Å². The molecule has 2 heterocycles. The molecule has 0 radical (unpaired) electrons. The number of nitrogens with one attached hydrogen (secondary N) is 1. The maximum atomic E-state index is 5.72. The molecule has 0 bridgehead atoms. The van der Waals surface area contributed by atoms with Crippen LogP contribution in [0.3, 0.4) is 0 Å². The van der Waals surface area contributed by atoms with Crippen molar-refractivity contribution < 1.29 is 9.47 Å². The van der Waals surface area contributed by atoms with Gasteiger partial charge < -0.3 is 14.8 Å². The summed E-state index contributed by atoms with van der Waals surface area (Å²) in [5.41, 5.74) is 0.0975. The van der Waals surface area contributed by atoms with Crippen molar-refractivity contribution in [3.05, 3.63) is 0 Å². The molecule has 1 unspecified atom stereocenters. The summed E-state index contributed by atoms with van der Waals surface area (Å²) in [6.45, 7) is 3.11. The van der Waals surface area contributed by atoms with Crippen molar-refractivity contribution in [1.29, 1.82) is 0 Å². The Morgan fingerprint density at radius 2 is 2.21 bits per heavy atom. The van der Waals surface area contributed by atoms with Crippen LogP contribution in [0.2, 0.25) is 0 Å². The van der Waals surface area contributed by atoms with Crippen LogP contribution >= 0.6 is 0 Å². The zero-order valence-corrected chi connectivity index (χ0v) is 9.05. The van der Waals surface area contributed by atoms with E-state index in [0.29, 0.717) is 6.10 Å². The summed E-state index contributed by atoms with van der Waals surface area (Å²) in [5.74, 6) is 0. The number of hydrogen-bond acceptors (Lipinski definition) is 3. The second-order valence-corrected chi connectivity index (χ2v) is 4.48. The molecule has 0 aliphatic carbocycles. The summed E-state index contributed by atoms with van der Waals surface area (Å²) >= 11 is 0. The van der Waals surface area contributed by atoms with E-state index in [1.54, 1.807) is 0 Å². The Balaban J connectivity index is 1.89. The molecule has 82 valence electrons. The summed E-state index contributed by atoms with van der Waals surface area (Å²) in [4.78, 5) is 0. The minimum absolute atomic E-state index is 0.0975. The third kappa shape index (κ3) is 2.27. The molecule has 2 aliphatic rings. The first-order chi connectivity index (χ1) is 6.85. The fraction of sp³-hybridized carbons (Fsp3) is 1.00. The third-order valence-electron chi connectivity index (χ3n) is 3.57. The Morgan fingerprint density at radius 3 is 2.79 bits per heavy atom. The van der Waals surface area contributed by atoms with Crippen LogP contribution in [0.1, 0.15) is 32.1 Å². The number of ether oxygens (including phenoxy) is 2. The van der Waals surface area contributed by atoms with Crippen molar-refractivity contribution in [2.24, 2.45) is 0 Å². The predicted molar refractivity (Wildman–Crippen MR) is 55.4 cm³/mol. The maximum absolute atomic E-state index is 5.72. The zero-order valence-electron chi connectivity index (χ0n) is 9.05. The van der Waals surface area contributed by atoms with Gasteiger partial charge in [-0.2, -0.15) is 0 Å². The van der Waals surface area contributed by atoms with Crippen LogP contribution in [0.25, 0.3) is 0 Å². The van der Waals surface area contributed by atoms with E-state index < -0.39 is 0 Å². The van der Waals surface area contributed by atoms with Crippen LogP contribution in [0.4, 0.5) is 0 Å². The Hall–Kier alpha value is -0.120. The number of methoxy groups -OCH3 is 1. The summed E-state index contributed by atoms with van der Waals surface area (Å²) in [6, 6.07) is 0. The molecule has 0 aromatic rings. The molecular formula is C11H21NO2. The average Bonchev–Trinajstić information content (AvgIpc) is 2.72. The van der Waals surface area contributed by atoms with Gasteiger partial charge in [-0.25, -0.2) is 0 Å². The molecule has 0 aromatic carbocycles. The minimum Gasteiger partial charge on any atom is -0.378 e. The number of piperidine rings is 1. The SMILES string of the molecule is COC1(CC2CCCO2)CCNCC1. The topological polar surface area (TPSA) is 30.5 Å².